The number of rotatable bonds is 3. The molecule has 2 fully saturated rings. The number of aromatic nitrogens is 4. The predicted molar refractivity (Wildman–Crippen MR) is 47.0 cm³/mol. The number of nitrogens with one attached hydrogen (secondary N) is 1. The largest absolute Gasteiger partial charge is 0.350 e. The van der Waals surface area contributed by atoms with Crippen LogP contribution in [0.5, 0.6) is 0 Å². The Bertz CT molecular complexity index is 316. The van der Waals surface area contributed by atoms with Crippen molar-refractivity contribution in [3.05, 3.63) is 0 Å². The predicted octanol–water partition coefficient (Wildman–Crippen LogP) is 0.420. The van der Waals surface area contributed by atoms with Gasteiger partial charge in [-0.05, 0) is 41.5 Å². The first-order valence-electron chi connectivity index (χ1n) is 4.83. The Kier molecular flexibility index (Phi) is 1.36. The van der Waals surface area contributed by atoms with Crippen molar-refractivity contribution in [1.29, 1.82) is 0 Å². The molecule has 5 nitrogen and oxygen atoms in total. The smallest absolute Gasteiger partial charge is 0.242 e. The number of tetrazole rings is 1. The molecular weight excluding hydrogens is 166 g/mol. The van der Waals surface area contributed by atoms with Gasteiger partial charge in [-0.1, -0.05) is 5.10 Å². The summed E-state index contributed by atoms with van der Waals surface area (Å²) in [5.41, 5.74) is 0. The second kappa shape index (κ2) is 2.43. The minimum absolute atomic E-state index is 0.636. The van der Waals surface area contributed by atoms with Gasteiger partial charge in [0.15, 0.2) is 0 Å². The second-order valence-electron chi connectivity index (χ2n) is 4.11. The van der Waals surface area contributed by atoms with E-state index in [1.807, 2.05) is 7.05 Å². The zero-order valence-corrected chi connectivity index (χ0v) is 7.64. The fourth-order valence-electron chi connectivity index (χ4n) is 1.94. The fourth-order valence-corrected chi connectivity index (χ4v) is 1.94. The van der Waals surface area contributed by atoms with Crippen molar-refractivity contribution in [3.63, 3.8) is 0 Å². The summed E-state index contributed by atoms with van der Waals surface area (Å²) in [6, 6.07) is 0.636. The molecule has 1 aromatic heterocycles. The first kappa shape index (κ1) is 7.29. The lowest BCUT2D eigenvalue weighted by Crippen LogP contribution is -2.10. The maximum absolute atomic E-state index is 3.90. The van der Waals surface area contributed by atoms with Gasteiger partial charge in [0.1, 0.15) is 0 Å². The highest BCUT2D eigenvalue weighted by Gasteiger charge is 2.47. The van der Waals surface area contributed by atoms with Crippen LogP contribution in [0.15, 0.2) is 0 Å². The molecule has 0 bridgehead atoms. The van der Waals surface area contributed by atoms with E-state index in [0.717, 1.165) is 17.8 Å². The van der Waals surface area contributed by atoms with Crippen LogP contribution in [0.25, 0.3) is 0 Å². The third kappa shape index (κ3) is 1.28. The van der Waals surface area contributed by atoms with Gasteiger partial charge in [0.2, 0.25) is 5.95 Å². The molecule has 0 spiro atoms. The topological polar surface area (TPSA) is 55.6 Å². The summed E-state index contributed by atoms with van der Waals surface area (Å²) in [7, 11) is 1.86. The Morgan fingerprint density at radius 3 is 2.92 bits per heavy atom. The molecule has 1 heterocycles. The summed E-state index contributed by atoms with van der Waals surface area (Å²) in [6.07, 6.45) is 4.16. The SMILES string of the molecule is Cn1nnnc1NC1CC1C1CC1. The standard InChI is InChI=1S/C8H13N5/c1-13-8(10-11-12-13)9-7-4-6(7)5-2-3-5/h5-7H,2-4H2,1H3,(H,9,10,12). The van der Waals surface area contributed by atoms with Crippen LogP contribution in [0.4, 0.5) is 5.95 Å². The third-order valence-electron chi connectivity index (χ3n) is 3.00. The van der Waals surface area contributed by atoms with Crippen LogP contribution in [0.2, 0.25) is 0 Å². The van der Waals surface area contributed by atoms with Gasteiger partial charge in [-0.25, -0.2) is 4.68 Å². The van der Waals surface area contributed by atoms with Crippen molar-refractivity contribution in [2.75, 3.05) is 5.32 Å². The van der Waals surface area contributed by atoms with Crippen molar-refractivity contribution in [2.24, 2.45) is 18.9 Å². The Labute approximate surface area is 76.5 Å². The summed E-state index contributed by atoms with van der Waals surface area (Å²) in [4.78, 5) is 0. The quantitative estimate of drug-likeness (QED) is 0.730. The molecule has 0 amide bonds. The van der Waals surface area contributed by atoms with Gasteiger partial charge in [0, 0.05) is 13.1 Å². The summed E-state index contributed by atoms with van der Waals surface area (Å²) in [5, 5.41) is 14.6. The first-order valence-corrected chi connectivity index (χ1v) is 4.83. The van der Waals surface area contributed by atoms with E-state index in [0.29, 0.717) is 6.04 Å². The summed E-state index contributed by atoms with van der Waals surface area (Å²) in [5.74, 6) is 2.70. The lowest BCUT2D eigenvalue weighted by atomic mass is 10.3. The van der Waals surface area contributed by atoms with Gasteiger partial charge >= 0.3 is 0 Å². The summed E-state index contributed by atoms with van der Waals surface area (Å²) in [6.45, 7) is 0. The molecule has 2 atom stereocenters. The minimum Gasteiger partial charge on any atom is -0.350 e. The van der Waals surface area contributed by atoms with E-state index in [9.17, 15) is 0 Å². The van der Waals surface area contributed by atoms with Crippen LogP contribution < -0.4 is 5.32 Å². The lowest BCUT2D eigenvalue weighted by molar-refractivity contribution is 0.685. The lowest BCUT2D eigenvalue weighted by Gasteiger charge is -2.01. The van der Waals surface area contributed by atoms with Crippen LogP contribution in [-0.2, 0) is 7.05 Å². The van der Waals surface area contributed by atoms with E-state index in [2.05, 4.69) is 20.8 Å². The molecule has 13 heavy (non-hydrogen) atoms. The second-order valence-corrected chi connectivity index (χ2v) is 4.11. The maximum atomic E-state index is 3.90. The Morgan fingerprint density at radius 1 is 1.46 bits per heavy atom. The fraction of sp³-hybridized carbons (Fsp3) is 0.875. The first-order chi connectivity index (χ1) is 6.34. The van der Waals surface area contributed by atoms with Crippen LogP contribution >= 0.6 is 0 Å². The summed E-state index contributed by atoms with van der Waals surface area (Å²) >= 11 is 0. The number of aryl methyl sites for hydroxylation is 1. The minimum atomic E-state index is 0.636. The molecule has 2 aliphatic rings. The van der Waals surface area contributed by atoms with Crippen molar-refractivity contribution < 1.29 is 0 Å². The van der Waals surface area contributed by atoms with E-state index < -0.39 is 0 Å². The average molecular weight is 179 g/mol. The molecule has 1 aromatic rings. The van der Waals surface area contributed by atoms with Gasteiger partial charge in [-0.2, -0.15) is 0 Å². The Hall–Kier alpha value is -1.13. The average Bonchev–Trinajstić information content (AvgIpc) is 2.96. The molecule has 0 aromatic carbocycles. The van der Waals surface area contributed by atoms with Crippen LogP contribution in [0, 0.1) is 11.8 Å². The van der Waals surface area contributed by atoms with Gasteiger partial charge in [0.25, 0.3) is 0 Å². The molecule has 0 aliphatic heterocycles. The maximum Gasteiger partial charge on any atom is 0.242 e. The summed E-state index contributed by atoms with van der Waals surface area (Å²) < 4.78 is 1.68. The monoisotopic (exact) mass is 179 g/mol. The molecule has 1 N–H and O–H groups in total. The number of anilines is 1. The van der Waals surface area contributed by atoms with E-state index in [-0.39, 0.29) is 0 Å². The number of nitrogens with zero attached hydrogens (tertiary/aromatic N) is 4. The highest BCUT2D eigenvalue weighted by molar-refractivity contribution is 5.28. The van der Waals surface area contributed by atoms with Gasteiger partial charge in [-0.3, -0.25) is 0 Å². The highest BCUT2D eigenvalue weighted by atomic mass is 15.6. The van der Waals surface area contributed by atoms with Gasteiger partial charge < -0.3 is 5.32 Å². The molecule has 2 aliphatic carbocycles. The molecule has 70 valence electrons. The Morgan fingerprint density at radius 2 is 2.31 bits per heavy atom. The zero-order chi connectivity index (χ0) is 8.84. The highest BCUT2D eigenvalue weighted by Crippen LogP contribution is 2.50. The van der Waals surface area contributed by atoms with E-state index >= 15 is 0 Å². The van der Waals surface area contributed by atoms with E-state index in [1.54, 1.807) is 4.68 Å². The molecule has 0 saturated heterocycles. The van der Waals surface area contributed by atoms with E-state index in [1.165, 1.54) is 19.3 Å². The molecule has 2 unspecified atom stereocenters. The third-order valence-corrected chi connectivity index (χ3v) is 3.00. The van der Waals surface area contributed by atoms with Crippen molar-refractivity contribution in [2.45, 2.75) is 25.3 Å². The zero-order valence-electron chi connectivity index (χ0n) is 7.64. The van der Waals surface area contributed by atoms with Crippen LogP contribution in [0.3, 0.4) is 0 Å². The molecular formula is C8H13N5. The van der Waals surface area contributed by atoms with Crippen molar-refractivity contribution >= 4 is 5.95 Å². The molecule has 5 heteroatoms. The molecule has 3 rings (SSSR count). The normalized spacial score (nSPS) is 31.8. The molecule has 0 radical (unpaired) electrons. The Balaban J connectivity index is 1.61. The van der Waals surface area contributed by atoms with Crippen LogP contribution in [0.1, 0.15) is 19.3 Å². The van der Waals surface area contributed by atoms with Crippen molar-refractivity contribution in [3.8, 4) is 0 Å². The van der Waals surface area contributed by atoms with Gasteiger partial charge in [-0.15, -0.1) is 0 Å². The molecule has 2 saturated carbocycles. The van der Waals surface area contributed by atoms with Crippen LogP contribution in [-0.4, -0.2) is 26.2 Å². The number of hydrogen-bond donors (Lipinski definition) is 1. The number of hydrogen-bond acceptors (Lipinski definition) is 4. The van der Waals surface area contributed by atoms with E-state index in [4.69, 9.17) is 0 Å². The van der Waals surface area contributed by atoms with Gasteiger partial charge in [0.05, 0.1) is 0 Å². The van der Waals surface area contributed by atoms with Crippen molar-refractivity contribution in [1.82, 2.24) is 20.2 Å².